The highest BCUT2D eigenvalue weighted by Gasteiger charge is 2.10. The van der Waals surface area contributed by atoms with E-state index in [1.54, 1.807) is 7.11 Å². The van der Waals surface area contributed by atoms with Gasteiger partial charge in [-0.1, -0.05) is 24.3 Å². The van der Waals surface area contributed by atoms with Crippen molar-refractivity contribution in [3.05, 3.63) is 35.4 Å². The topological polar surface area (TPSA) is 24.5 Å². The van der Waals surface area contributed by atoms with Crippen LogP contribution in [0.4, 0.5) is 0 Å². The number of nitrogens with zero attached hydrogens (tertiary/aromatic N) is 1. The molecular formula is C16H28N2O. The van der Waals surface area contributed by atoms with Gasteiger partial charge in [0.05, 0.1) is 6.61 Å². The molecule has 0 saturated carbocycles. The third-order valence-electron chi connectivity index (χ3n) is 3.04. The van der Waals surface area contributed by atoms with E-state index in [0.717, 1.165) is 26.2 Å². The molecule has 108 valence electrons. The van der Waals surface area contributed by atoms with Crippen molar-refractivity contribution < 1.29 is 4.74 Å². The van der Waals surface area contributed by atoms with Gasteiger partial charge in [-0.15, -0.1) is 0 Å². The minimum absolute atomic E-state index is 0.148. The number of ether oxygens (including phenoxy) is 1. The van der Waals surface area contributed by atoms with Crippen LogP contribution in [0.15, 0.2) is 24.3 Å². The number of likely N-dealkylation sites (N-methyl/N-ethyl adjacent to an activating group) is 1. The van der Waals surface area contributed by atoms with Crippen LogP contribution in [0.1, 0.15) is 31.9 Å². The predicted molar refractivity (Wildman–Crippen MR) is 81.2 cm³/mol. The van der Waals surface area contributed by atoms with Crippen LogP contribution in [0.2, 0.25) is 0 Å². The Hall–Kier alpha value is -0.900. The molecule has 0 fully saturated rings. The first-order valence-electron chi connectivity index (χ1n) is 6.91. The lowest BCUT2D eigenvalue weighted by atomic mass is 10.0. The Bertz CT molecular complexity index is 371. The van der Waals surface area contributed by atoms with Crippen LogP contribution in [-0.2, 0) is 17.8 Å². The summed E-state index contributed by atoms with van der Waals surface area (Å²) in [6, 6.07) is 8.64. The molecule has 3 heteroatoms. The highest BCUT2D eigenvalue weighted by atomic mass is 16.5. The van der Waals surface area contributed by atoms with E-state index >= 15 is 0 Å². The highest BCUT2D eigenvalue weighted by Crippen LogP contribution is 2.12. The molecular weight excluding hydrogens is 236 g/mol. The lowest BCUT2D eigenvalue weighted by Gasteiger charge is -2.23. The average molecular weight is 264 g/mol. The fourth-order valence-corrected chi connectivity index (χ4v) is 1.86. The van der Waals surface area contributed by atoms with Gasteiger partial charge in [0.2, 0.25) is 0 Å². The van der Waals surface area contributed by atoms with Gasteiger partial charge in [-0.2, -0.15) is 0 Å². The second-order valence-electron chi connectivity index (χ2n) is 6.10. The van der Waals surface area contributed by atoms with E-state index in [9.17, 15) is 0 Å². The summed E-state index contributed by atoms with van der Waals surface area (Å²) in [5.41, 5.74) is 2.91. The molecule has 0 aliphatic heterocycles. The second kappa shape index (κ2) is 7.63. The number of nitrogens with one attached hydrogen (secondary N) is 1. The maximum Gasteiger partial charge on any atom is 0.0589 e. The van der Waals surface area contributed by atoms with Crippen LogP contribution < -0.4 is 5.32 Å². The molecule has 0 bridgehead atoms. The third kappa shape index (κ3) is 6.71. The monoisotopic (exact) mass is 264 g/mol. The smallest absolute Gasteiger partial charge is 0.0589 e. The van der Waals surface area contributed by atoms with Crippen molar-refractivity contribution in [2.24, 2.45) is 0 Å². The summed E-state index contributed by atoms with van der Waals surface area (Å²) in [5.74, 6) is 0. The van der Waals surface area contributed by atoms with E-state index < -0.39 is 0 Å². The lowest BCUT2D eigenvalue weighted by Crippen LogP contribution is -2.35. The molecule has 0 radical (unpaired) electrons. The van der Waals surface area contributed by atoms with E-state index in [1.807, 2.05) is 0 Å². The second-order valence-corrected chi connectivity index (χ2v) is 6.10. The molecule has 1 aromatic carbocycles. The fraction of sp³-hybridized carbons (Fsp3) is 0.625. The first-order chi connectivity index (χ1) is 8.92. The molecule has 1 rings (SSSR count). The Morgan fingerprint density at radius 2 is 1.79 bits per heavy atom. The number of methoxy groups -OCH3 is 1. The van der Waals surface area contributed by atoms with Crippen LogP contribution in [0.5, 0.6) is 0 Å². The SMILES string of the molecule is COCCN(C)Cc1ccccc1CNC(C)(C)C. The van der Waals surface area contributed by atoms with Crippen molar-refractivity contribution in [1.82, 2.24) is 10.2 Å². The molecule has 0 saturated heterocycles. The molecule has 0 amide bonds. The van der Waals surface area contributed by atoms with Gasteiger partial charge in [0.25, 0.3) is 0 Å². The van der Waals surface area contributed by atoms with Crippen molar-refractivity contribution in [3.63, 3.8) is 0 Å². The number of benzene rings is 1. The van der Waals surface area contributed by atoms with Gasteiger partial charge in [-0.3, -0.25) is 4.90 Å². The number of hydrogen-bond donors (Lipinski definition) is 1. The van der Waals surface area contributed by atoms with Gasteiger partial charge >= 0.3 is 0 Å². The maximum absolute atomic E-state index is 5.12. The maximum atomic E-state index is 5.12. The van der Waals surface area contributed by atoms with Crippen LogP contribution in [0.3, 0.4) is 0 Å². The predicted octanol–water partition coefficient (Wildman–Crippen LogP) is 2.65. The number of rotatable bonds is 7. The van der Waals surface area contributed by atoms with Crippen LogP contribution in [0.25, 0.3) is 0 Å². The Kier molecular flexibility index (Phi) is 6.49. The van der Waals surface area contributed by atoms with E-state index in [4.69, 9.17) is 4.74 Å². The normalized spacial score (nSPS) is 12.1. The Morgan fingerprint density at radius 1 is 1.16 bits per heavy atom. The molecule has 3 nitrogen and oxygen atoms in total. The molecule has 19 heavy (non-hydrogen) atoms. The quantitative estimate of drug-likeness (QED) is 0.819. The molecule has 0 aliphatic carbocycles. The molecule has 0 atom stereocenters. The van der Waals surface area contributed by atoms with Gasteiger partial charge in [-0.25, -0.2) is 0 Å². The van der Waals surface area contributed by atoms with Crippen molar-refractivity contribution in [2.75, 3.05) is 27.3 Å². The molecule has 1 N–H and O–H groups in total. The van der Waals surface area contributed by atoms with E-state index in [1.165, 1.54) is 11.1 Å². The molecule has 0 aliphatic rings. The van der Waals surface area contributed by atoms with Crippen LogP contribution in [0, 0.1) is 0 Å². The molecule has 0 unspecified atom stereocenters. The largest absolute Gasteiger partial charge is 0.383 e. The zero-order valence-corrected chi connectivity index (χ0v) is 13.0. The zero-order chi connectivity index (χ0) is 14.3. The summed E-state index contributed by atoms with van der Waals surface area (Å²) in [5, 5.41) is 3.55. The van der Waals surface area contributed by atoms with Crippen LogP contribution in [-0.4, -0.2) is 37.7 Å². The van der Waals surface area contributed by atoms with Crippen molar-refractivity contribution in [1.29, 1.82) is 0 Å². The minimum atomic E-state index is 0.148. The molecule has 1 aromatic rings. The standard InChI is InChI=1S/C16H28N2O/c1-16(2,3)17-12-14-8-6-7-9-15(14)13-18(4)10-11-19-5/h6-9,17H,10-13H2,1-5H3. The molecule has 0 aromatic heterocycles. The van der Waals surface area contributed by atoms with Crippen molar-refractivity contribution >= 4 is 0 Å². The Labute approximate surface area is 118 Å². The van der Waals surface area contributed by atoms with Gasteiger partial charge in [0.15, 0.2) is 0 Å². The van der Waals surface area contributed by atoms with Crippen molar-refractivity contribution in [2.45, 2.75) is 39.4 Å². The highest BCUT2D eigenvalue weighted by molar-refractivity contribution is 5.27. The minimum Gasteiger partial charge on any atom is -0.383 e. The van der Waals surface area contributed by atoms with E-state index in [-0.39, 0.29) is 5.54 Å². The summed E-state index contributed by atoms with van der Waals surface area (Å²) in [6.07, 6.45) is 0. The summed E-state index contributed by atoms with van der Waals surface area (Å²) >= 11 is 0. The Morgan fingerprint density at radius 3 is 2.37 bits per heavy atom. The summed E-state index contributed by atoms with van der Waals surface area (Å²) in [6.45, 7) is 10.2. The first kappa shape index (κ1) is 16.2. The average Bonchev–Trinajstić information content (AvgIpc) is 2.34. The first-order valence-corrected chi connectivity index (χ1v) is 6.91. The molecule has 0 spiro atoms. The zero-order valence-electron chi connectivity index (χ0n) is 13.0. The Balaban J connectivity index is 2.62. The van der Waals surface area contributed by atoms with E-state index in [0.29, 0.717) is 0 Å². The van der Waals surface area contributed by atoms with Crippen molar-refractivity contribution in [3.8, 4) is 0 Å². The third-order valence-corrected chi connectivity index (χ3v) is 3.04. The van der Waals surface area contributed by atoms with Gasteiger partial charge < -0.3 is 10.1 Å². The summed E-state index contributed by atoms with van der Waals surface area (Å²) in [7, 11) is 3.88. The van der Waals surface area contributed by atoms with Gasteiger partial charge in [0.1, 0.15) is 0 Å². The van der Waals surface area contributed by atoms with Gasteiger partial charge in [-0.05, 0) is 38.9 Å². The van der Waals surface area contributed by atoms with Crippen LogP contribution >= 0.6 is 0 Å². The summed E-state index contributed by atoms with van der Waals surface area (Å²) in [4.78, 5) is 2.29. The molecule has 0 heterocycles. The fourth-order valence-electron chi connectivity index (χ4n) is 1.86. The van der Waals surface area contributed by atoms with Gasteiger partial charge in [0, 0.05) is 32.3 Å². The lowest BCUT2D eigenvalue weighted by molar-refractivity contribution is 0.158. The number of hydrogen-bond acceptors (Lipinski definition) is 3. The summed E-state index contributed by atoms with van der Waals surface area (Å²) < 4.78 is 5.12. The van der Waals surface area contributed by atoms with E-state index in [2.05, 4.69) is 62.3 Å².